The van der Waals surface area contributed by atoms with Gasteiger partial charge in [0.15, 0.2) is 0 Å². The van der Waals surface area contributed by atoms with E-state index in [9.17, 15) is 0 Å². The molecule has 146 valence electrons. The zero-order chi connectivity index (χ0) is 18.7. The molecule has 3 rings (SSSR count). The van der Waals surface area contributed by atoms with Gasteiger partial charge in [0.05, 0.1) is 20.3 Å². The van der Waals surface area contributed by atoms with Gasteiger partial charge in [-0.2, -0.15) is 0 Å². The van der Waals surface area contributed by atoms with Crippen molar-refractivity contribution in [2.24, 2.45) is 11.7 Å². The minimum absolute atomic E-state index is 0.0280. The number of ether oxygens (including phenoxy) is 2. The standard InChI is InChI=1S/C22H36N2O2/c1-16-5-8-20(25-4)11-21(16)22(3)9-10-24(13-18-6-7-18)17(2)14-26-15-19(23)12-22/h5,8,11,17-19H,6-7,9-10,12-15,23H2,1-4H3. The Labute approximate surface area is 159 Å². The first-order chi connectivity index (χ1) is 12.4. The van der Waals surface area contributed by atoms with Crippen LogP contribution in [0, 0.1) is 12.8 Å². The van der Waals surface area contributed by atoms with Crippen molar-refractivity contribution in [1.29, 1.82) is 0 Å². The van der Waals surface area contributed by atoms with E-state index in [2.05, 4.69) is 37.8 Å². The fourth-order valence-corrected chi connectivity index (χ4v) is 4.37. The van der Waals surface area contributed by atoms with Crippen molar-refractivity contribution in [2.45, 2.75) is 64.0 Å². The normalized spacial score (nSPS) is 31.6. The van der Waals surface area contributed by atoms with Crippen LogP contribution >= 0.6 is 0 Å². The van der Waals surface area contributed by atoms with Crippen LogP contribution < -0.4 is 10.5 Å². The summed E-state index contributed by atoms with van der Waals surface area (Å²) in [5, 5.41) is 0. The number of benzene rings is 1. The highest BCUT2D eigenvalue weighted by atomic mass is 16.5. The van der Waals surface area contributed by atoms with Crippen molar-refractivity contribution >= 4 is 0 Å². The molecule has 1 heterocycles. The zero-order valence-corrected chi connectivity index (χ0v) is 17.0. The van der Waals surface area contributed by atoms with E-state index in [4.69, 9.17) is 15.2 Å². The maximum absolute atomic E-state index is 6.46. The molecule has 1 aromatic carbocycles. The van der Waals surface area contributed by atoms with Crippen LogP contribution in [-0.4, -0.2) is 50.4 Å². The number of rotatable bonds is 4. The third kappa shape index (κ3) is 4.79. The molecule has 2 N–H and O–H groups in total. The van der Waals surface area contributed by atoms with Crippen LogP contribution in [0.25, 0.3) is 0 Å². The number of nitrogens with two attached hydrogens (primary N) is 1. The summed E-state index contributed by atoms with van der Waals surface area (Å²) in [5.74, 6) is 1.82. The fraction of sp³-hybridized carbons (Fsp3) is 0.727. The van der Waals surface area contributed by atoms with Gasteiger partial charge in [-0.1, -0.05) is 13.0 Å². The van der Waals surface area contributed by atoms with E-state index in [1.807, 2.05) is 6.07 Å². The second kappa shape index (κ2) is 8.28. The van der Waals surface area contributed by atoms with Gasteiger partial charge in [-0.15, -0.1) is 0 Å². The average molecular weight is 361 g/mol. The molecule has 0 bridgehead atoms. The Kier molecular flexibility index (Phi) is 6.26. The van der Waals surface area contributed by atoms with Crippen molar-refractivity contribution in [2.75, 3.05) is 33.4 Å². The Morgan fingerprint density at radius 1 is 1.31 bits per heavy atom. The molecule has 3 unspecified atom stereocenters. The van der Waals surface area contributed by atoms with Gasteiger partial charge in [0.25, 0.3) is 0 Å². The summed E-state index contributed by atoms with van der Waals surface area (Å²) < 4.78 is 11.5. The van der Waals surface area contributed by atoms with E-state index in [1.165, 1.54) is 30.5 Å². The lowest BCUT2D eigenvalue weighted by Crippen LogP contribution is -2.45. The van der Waals surface area contributed by atoms with Gasteiger partial charge in [0.1, 0.15) is 5.75 Å². The summed E-state index contributed by atoms with van der Waals surface area (Å²) in [4.78, 5) is 2.64. The van der Waals surface area contributed by atoms with Crippen LogP contribution in [-0.2, 0) is 10.2 Å². The van der Waals surface area contributed by atoms with E-state index in [1.54, 1.807) is 7.11 Å². The molecule has 3 atom stereocenters. The van der Waals surface area contributed by atoms with Crippen molar-refractivity contribution in [3.8, 4) is 5.75 Å². The maximum Gasteiger partial charge on any atom is 0.119 e. The van der Waals surface area contributed by atoms with Crippen LogP contribution in [0.2, 0.25) is 0 Å². The maximum atomic E-state index is 6.46. The third-order valence-corrected chi connectivity index (χ3v) is 6.26. The van der Waals surface area contributed by atoms with Gasteiger partial charge in [-0.25, -0.2) is 0 Å². The summed E-state index contributed by atoms with van der Waals surface area (Å²) >= 11 is 0. The molecule has 1 aromatic rings. The topological polar surface area (TPSA) is 47.7 Å². The molecule has 0 spiro atoms. The minimum atomic E-state index is 0.0280. The Balaban J connectivity index is 1.86. The molecule has 26 heavy (non-hydrogen) atoms. The van der Waals surface area contributed by atoms with Gasteiger partial charge in [-0.05, 0) is 80.7 Å². The Bertz CT molecular complexity index is 602. The van der Waals surface area contributed by atoms with Crippen LogP contribution in [0.3, 0.4) is 0 Å². The number of hydrogen-bond acceptors (Lipinski definition) is 4. The molecule has 0 amide bonds. The van der Waals surface area contributed by atoms with Crippen molar-refractivity contribution in [1.82, 2.24) is 4.90 Å². The monoisotopic (exact) mass is 360 g/mol. The lowest BCUT2D eigenvalue weighted by molar-refractivity contribution is 0.0398. The van der Waals surface area contributed by atoms with Crippen LogP contribution in [0.5, 0.6) is 5.75 Å². The predicted octanol–water partition coefficient (Wildman–Crippen LogP) is 3.50. The third-order valence-electron chi connectivity index (χ3n) is 6.26. The molecular formula is C22H36N2O2. The zero-order valence-electron chi connectivity index (χ0n) is 17.0. The van der Waals surface area contributed by atoms with E-state index < -0.39 is 0 Å². The summed E-state index contributed by atoms with van der Waals surface area (Å²) in [5.41, 5.74) is 9.17. The quantitative estimate of drug-likeness (QED) is 0.893. The van der Waals surface area contributed by atoms with Crippen molar-refractivity contribution < 1.29 is 9.47 Å². The van der Waals surface area contributed by atoms with Crippen molar-refractivity contribution in [3.63, 3.8) is 0 Å². The van der Waals surface area contributed by atoms with Gasteiger partial charge < -0.3 is 15.2 Å². The number of methoxy groups -OCH3 is 1. The second-order valence-electron chi connectivity index (χ2n) is 8.78. The highest BCUT2D eigenvalue weighted by Gasteiger charge is 2.34. The molecular weight excluding hydrogens is 324 g/mol. The summed E-state index contributed by atoms with van der Waals surface area (Å²) in [6.07, 6.45) is 4.83. The highest BCUT2D eigenvalue weighted by molar-refractivity contribution is 5.40. The number of nitrogens with zero attached hydrogens (tertiary/aromatic N) is 1. The van der Waals surface area contributed by atoms with Gasteiger partial charge in [-0.3, -0.25) is 4.90 Å². The molecule has 0 aromatic heterocycles. The van der Waals surface area contributed by atoms with Gasteiger partial charge >= 0.3 is 0 Å². The number of aryl methyl sites for hydroxylation is 1. The van der Waals surface area contributed by atoms with E-state index >= 15 is 0 Å². The summed E-state index contributed by atoms with van der Waals surface area (Å²) in [6.45, 7) is 10.6. The molecule has 1 saturated heterocycles. The first-order valence-corrected chi connectivity index (χ1v) is 10.1. The molecule has 1 aliphatic heterocycles. The summed E-state index contributed by atoms with van der Waals surface area (Å²) in [7, 11) is 1.74. The first-order valence-electron chi connectivity index (χ1n) is 10.1. The lowest BCUT2D eigenvalue weighted by atomic mass is 9.73. The van der Waals surface area contributed by atoms with Gasteiger partial charge in [0.2, 0.25) is 0 Å². The van der Waals surface area contributed by atoms with Crippen LogP contribution in [0.15, 0.2) is 18.2 Å². The predicted molar refractivity (Wildman–Crippen MR) is 107 cm³/mol. The molecule has 1 aliphatic carbocycles. The molecule has 2 aliphatic rings. The first kappa shape index (κ1) is 19.7. The van der Waals surface area contributed by atoms with Crippen LogP contribution in [0.4, 0.5) is 0 Å². The molecule has 2 fully saturated rings. The Morgan fingerprint density at radius 3 is 2.77 bits per heavy atom. The second-order valence-corrected chi connectivity index (χ2v) is 8.78. The lowest BCUT2D eigenvalue weighted by Gasteiger charge is -2.39. The number of hydrogen-bond donors (Lipinski definition) is 1. The molecule has 4 nitrogen and oxygen atoms in total. The molecule has 1 saturated carbocycles. The molecule has 0 radical (unpaired) electrons. The Hall–Kier alpha value is -1.10. The summed E-state index contributed by atoms with van der Waals surface area (Å²) in [6, 6.07) is 6.95. The average Bonchev–Trinajstić information content (AvgIpc) is 3.42. The Morgan fingerprint density at radius 2 is 2.08 bits per heavy atom. The smallest absolute Gasteiger partial charge is 0.119 e. The molecule has 4 heteroatoms. The SMILES string of the molecule is COc1ccc(C)c(C2(C)CCN(CC3CC3)C(C)COCC(N)C2)c1. The van der Waals surface area contributed by atoms with Gasteiger partial charge in [0, 0.05) is 18.6 Å². The highest BCUT2D eigenvalue weighted by Crippen LogP contribution is 2.38. The van der Waals surface area contributed by atoms with E-state index in [-0.39, 0.29) is 11.5 Å². The van der Waals surface area contributed by atoms with Crippen LogP contribution in [0.1, 0.15) is 50.7 Å². The fourth-order valence-electron chi connectivity index (χ4n) is 4.37. The largest absolute Gasteiger partial charge is 0.497 e. The minimum Gasteiger partial charge on any atom is -0.497 e. The van der Waals surface area contributed by atoms with Crippen molar-refractivity contribution in [3.05, 3.63) is 29.3 Å². The van der Waals surface area contributed by atoms with E-state index in [0.29, 0.717) is 12.6 Å². The van der Waals surface area contributed by atoms with E-state index in [0.717, 1.165) is 37.7 Å².